The van der Waals surface area contributed by atoms with Gasteiger partial charge in [0.05, 0.1) is 18.6 Å². The highest BCUT2D eigenvalue weighted by atomic mass is 16.5. The van der Waals surface area contributed by atoms with Crippen LogP contribution in [-0.2, 0) is 9.53 Å². The Bertz CT molecular complexity index is 876. The molecule has 0 amide bonds. The minimum Gasteiger partial charge on any atom is -0.469 e. The summed E-state index contributed by atoms with van der Waals surface area (Å²) < 4.78 is 5.49. The molecule has 0 bridgehead atoms. The van der Waals surface area contributed by atoms with E-state index >= 15 is 0 Å². The Labute approximate surface area is 208 Å². The number of hydrogen-bond acceptors (Lipinski definition) is 3. The summed E-state index contributed by atoms with van der Waals surface area (Å²) in [7, 11) is 1.59. The summed E-state index contributed by atoms with van der Waals surface area (Å²) in [5, 5.41) is 10.9. The molecule has 5 aliphatic rings. The summed E-state index contributed by atoms with van der Waals surface area (Å²) >= 11 is 0. The molecule has 0 aliphatic heterocycles. The number of carbonyl (C=O) groups excluding carboxylic acids is 1. The molecule has 3 heteroatoms. The van der Waals surface area contributed by atoms with Crippen LogP contribution in [0.25, 0.3) is 0 Å². The Morgan fingerprint density at radius 1 is 0.853 bits per heavy atom. The van der Waals surface area contributed by atoms with Crippen molar-refractivity contribution >= 4 is 5.97 Å². The second kappa shape index (κ2) is 7.59. The van der Waals surface area contributed by atoms with E-state index in [2.05, 4.69) is 48.1 Å². The van der Waals surface area contributed by atoms with E-state index in [0.717, 1.165) is 38.5 Å². The highest BCUT2D eigenvalue weighted by molar-refractivity contribution is 5.78. The molecular weight excluding hydrogens is 420 g/mol. The fourth-order valence-electron chi connectivity index (χ4n) is 11.7. The number of ether oxygens (including phenoxy) is 1. The van der Waals surface area contributed by atoms with Gasteiger partial charge >= 0.3 is 5.97 Å². The third kappa shape index (κ3) is 2.83. The van der Waals surface area contributed by atoms with Crippen molar-refractivity contribution in [2.24, 2.45) is 56.7 Å². The van der Waals surface area contributed by atoms with E-state index < -0.39 is 0 Å². The van der Waals surface area contributed by atoms with Crippen LogP contribution in [0.15, 0.2) is 12.2 Å². The van der Waals surface area contributed by atoms with Crippen molar-refractivity contribution in [3.8, 4) is 0 Å². The quantitative estimate of drug-likeness (QED) is 0.343. The van der Waals surface area contributed by atoms with Crippen LogP contribution in [0.2, 0.25) is 0 Å². The molecule has 5 rings (SSSR count). The maximum atomic E-state index is 13.3. The third-order valence-electron chi connectivity index (χ3n) is 13.6. The summed E-state index contributed by atoms with van der Waals surface area (Å²) in [6, 6.07) is 0. The van der Waals surface area contributed by atoms with Crippen LogP contribution in [0.4, 0.5) is 0 Å². The number of esters is 1. The molecule has 34 heavy (non-hydrogen) atoms. The van der Waals surface area contributed by atoms with Gasteiger partial charge in [0.25, 0.3) is 0 Å². The summed E-state index contributed by atoms with van der Waals surface area (Å²) in [5.74, 6) is 2.72. The molecule has 5 fully saturated rings. The lowest BCUT2D eigenvalue weighted by Crippen LogP contribution is -2.67. The van der Waals surface area contributed by atoms with Crippen molar-refractivity contribution < 1.29 is 14.6 Å². The van der Waals surface area contributed by atoms with Gasteiger partial charge in [-0.15, -0.1) is 0 Å². The average molecular weight is 471 g/mol. The predicted octanol–water partition coefficient (Wildman–Crippen LogP) is 7.18. The van der Waals surface area contributed by atoms with Gasteiger partial charge in [-0.05, 0) is 122 Å². The van der Waals surface area contributed by atoms with Crippen LogP contribution in [0.5, 0.6) is 0 Å². The fraction of sp³-hybridized carbons (Fsp3) is 0.903. The molecule has 10 atom stereocenters. The second-order valence-corrected chi connectivity index (χ2v) is 14.7. The maximum Gasteiger partial charge on any atom is 0.312 e. The molecule has 0 aromatic rings. The topological polar surface area (TPSA) is 46.5 Å². The molecule has 0 aromatic heterocycles. The van der Waals surface area contributed by atoms with E-state index in [1.54, 1.807) is 7.11 Å². The Balaban J connectivity index is 1.56. The fourth-order valence-corrected chi connectivity index (χ4v) is 11.7. The smallest absolute Gasteiger partial charge is 0.312 e. The first kappa shape index (κ1) is 24.8. The third-order valence-corrected chi connectivity index (χ3v) is 13.6. The molecule has 0 aromatic carbocycles. The Morgan fingerprint density at radius 2 is 1.56 bits per heavy atom. The van der Waals surface area contributed by atoms with Gasteiger partial charge in [0.2, 0.25) is 0 Å². The molecule has 0 radical (unpaired) electrons. The van der Waals surface area contributed by atoms with Crippen LogP contribution in [0, 0.1) is 56.7 Å². The van der Waals surface area contributed by atoms with Gasteiger partial charge in [0, 0.05) is 0 Å². The number of methoxy groups -OCH3 is 1. The molecule has 0 unspecified atom stereocenters. The van der Waals surface area contributed by atoms with E-state index in [-0.39, 0.29) is 33.7 Å². The Hall–Kier alpha value is -0.830. The largest absolute Gasteiger partial charge is 0.469 e. The van der Waals surface area contributed by atoms with E-state index in [1.165, 1.54) is 31.3 Å². The lowest BCUT2D eigenvalue weighted by Gasteiger charge is -2.72. The molecule has 0 saturated heterocycles. The van der Waals surface area contributed by atoms with Crippen molar-refractivity contribution in [1.29, 1.82) is 0 Å². The zero-order valence-electron chi connectivity index (χ0n) is 23.0. The van der Waals surface area contributed by atoms with Gasteiger partial charge in [-0.1, -0.05) is 46.8 Å². The van der Waals surface area contributed by atoms with Crippen molar-refractivity contribution in [3.05, 3.63) is 12.2 Å². The Morgan fingerprint density at radius 3 is 2.21 bits per heavy atom. The van der Waals surface area contributed by atoms with E-state index in [4.69, 9.17) is 4.74 Å². The zero-order valence-corrected chi connectivity index (χ0v) is 23.0. The first-order valence-electron chi connectivity index (χ1n) is 14.2. The summed E-state index contributed by atoms with van der Waals surface area (Å²) in [6.07, 6.45) is 11.1. The standard InChI is InChI=1S/C31H50O3/c1-19(2)20-11-16-31(26(33)34-8)18-17-29(6)21(25(20)31)9-10-23-28(5)14-13-24(32)27(3,4)22(28)12-15-30(23,29)7/h20-25,32H,1,9-18H2,2-8H3/t20-,21+,22-,23+,24-,25+,28-,29+,30+,31-/m0/s1. The first-order chi connectivity index (χ1) is 15.8. The predicted molar refractivity (Wildman–Crippen MR) is 137 cm³/mol. The van der Waals surface area contributed by atoms with Crippen LogP contribution in [0.3, 0.4) is 0 Å². The van der Waals surface area contributed by atoms with E-state index in [9.17, 15) is 9.90 Å². The van der Waals surface area contributed by atoms with Crippen LogP contribution >= 0.6 is 0 Å². The average Bonchev–Trinajstić information content (AvgIpc) is 3.18. The molecule has 0 spiro atoms. The number of aliphatic hydroxyl groups is 1. The van der Waals surface area contributed by atoms with Gasteiger partial charge < -0.3 is 9.84 Å². The van der Waals surface area contributed by atoms with E-state index in [1.807, 2.05) is 0 Å². The van der Waals surface area contributed by atoms with Crippen molar-refractivity contribution in [2.45, 2.75) is 112 Å². The molecule has 5 saturated carbocycles. The summed E-state index contributed by atoms with van der Waals surface area (Å²) in [4.78, 5) is 13.3. The van der Waals surface area contributed by atoms with Crippen molar-refractivity contribution in [2.75, 3.05) is 7.11 Å². The van der Waals surface area contributed by atoms with Crippen molar-refractivity contribution in [1.82, 2.24) is 0 Å². The second-order valence-electron chi connectivity index (χ2n) is 14.7. The number of rotatable bonds is 2. The normalized spacial score (nSPS) is 53.6. The number of allylic oxidation sites excluding steroid dienone is 1. The van der Waals surface area contributed by atoms with Gasteiger partial charge in [0.1, 0.15) is 0 Å². The lowest BCUT2D eigenvalue weighted by atomic mass is 9.32. The van der Waals surface area contributed by atoms with Crippen molar-refractivity contribution in [3.63, 3.8) is 0 Å². The Kier molecular flexibility index (Phi) is 5.55. The molecular formula is C31H50O3. The minimum atomic E-state index is -0.302. The molecule has 1 N–H and O–H groups in total. The number of aliphatic hydroxyl groups excluding tert-OH is 1. The molecule has 5 aliphatic carbocycles. The zero-order chi connectivity index (χ0) is 24.9. The molecule has 0 heterocycles. The monoisotopic (exact) mass is 470 g/mol. The highest BCUT2D eigenvalue weighted by Gasteiger charge is 2.72. The molecule has 192 valence electrons. The molecule has 3 nitrogen and oxygen atoms in total. The van der Waals surface area contributed by atoms with Gasteiger partial charge in [-0.2, -0.15) is 0 Å². The highest BCUT2D eigenvalue weighted by Crippen LogP contribution is 2.77. The van der Waals surface area contributed by atoms with Gasteiger partial charge in [-0.25, -0.2) is 0 Å². The van der Waals surface area contributed by atoms with Gasteiger partial charge in [0.15, 0.2) is 0 Å². The van der Waals surface area contributed by atoms with Gasteiger partial charge in [-0.3, -0.25) is 4.79 Å². The maximum absolute atomic E-state index is 13.3. The lowest BCUT2D eigenvalue weighted by molar-refractivity contribution is -0.248. The first-order valence-corrected chi connectivity index (χ1v) is 14.2. The number of fused-ring (bicyclic) bond motifs is 7. The minimum absolute atomic E-state index is 0.00478. The summed E-state index contributed by atoms with van der Waals surface area (Å²) in [5.41, 5.74) is 1.78. The van der Waals surface area contributed by atoms with E-state index in [0.29, 0.717) is 35.0 Å². The number of hydrogen-bond donors (Lipinski definition) is 1. The van der Waals surface area contributed by atoms with Crippen LogP contribution in [0.1, 0.15) is 106 Å². The SMILES string of the molecule is C=C(C)[C@@H]1CC[C@]2(C(=O)OC)CC[C@]3(C)[C@H](CC[C@@H]4[C@@]5(C)CC[C@H](O)C(C)(C)[C@@H]5CC[C@]43C)[C@@H]12. The van der Waals surface area contributed by atoms with Crippen LogP contribution in [-0.4, -0.2) is 24.3 Å². The van der Waals surface area contributed by atoms with Crippen LogP contribution < -0.4 is 0 Å². The number of carbonyl (C=O) groups is 1. The summed E-state index contributed by atoms with van der Waals surface area (Å²) in [6.45, 7) is 19.1.